The minimum absolute atomic E-state index is 0.0181. The number of rotatable bonds is 5. The lowest BCUT2D eigenvalue weighted by Crippen LogP contribution is -2.41. The molecule has 6 heteroatoms. The standard InChI is InChI=1S/C29H34N4O2/c1-22-9-8-10-24(19-22)28-26(21-33(30-28)25-11-4-2-5-12-25)29(35)32-17-13-23(14-18-32)20-27(34)31-15-6-3-7-16-31/h2,4-5,8-12,19,21,23H,3,6-7,13-18,20H2,1H3. The molecule has 0 radical (unpaired) electrons. The smallest absolute Gasteiger partial charge is 0.257 e. The molecule has 3 heterocycles. The second-order valence-electron chi connectivity index (χ2n) is 9.92. The fourth-order valence-corrected chi connectivity index (χ4v) is 5.28. The molecule has 0 aliphatic carbocycles. The Hall–Kier alpha value is -3.41. The lowest BCUT2D eigenvalue weighted by atomic mass is 9.92. The molecule has 35 heavy (non-hydrogen) atoms. The first-order chi connectivity index (χ1) is 17.1. The molecule has 2 amide bonds. The van der Waals surface area contributed by atoms with E-state index in [1.54, 1.807) is 4.68 Å². The Morgan fingerprint density at radius 3 is 2.34 bits per heavy atom. The lowest BCUT2D eigenvalue weighted by Gasteiger charge is -2.33. The van der Waals surface area contributed by atoms with Crippen LogP contribution in [0.15, 0.2) is 60.8 Å². The molecule has 0 atom stereocenters. The van der Waals surface area contributed by atoms with Gasteiger partial charge in [-0.3, -0.25) is 9.59 Å². The number of hydrogen-bond acceptors (Lipinski definition) is 3. The molecule has 2 fully saturated rings. The molecule has 1 aromatic heterocycles. The molecule has 0 N–H and O–H groups in total. The monoisotopic (exact) mass is 470 g/mol. The summed E-state index contributed by atoms with van der Waals surface area (Å²) in [5, 5.41) is 4.83. The van der Waals surface area contributed by atoms with Gasteiger partial charge >= 0.3 is 0 Å². The van der Waals surface area contributed by atoms with Crippen molar-refractivity contribution < 1.29 is 9.59 Å². The molecule has 2 aromatic carbocycles. The van der Waals surface area contributed by atoms with Crippen LogP contribution >= 0.6 is 0 Å². The summed E-state index contributed by atoms with van der Waals surface area (Å²) in [4.78, 5) is 30.4. The number of likely N-dealkylation sites (tertiary alicyclic amines) is 2. The van der Waals surface area contributed by atoms with Gasteiger partial charge in [0.25, 0.3) is 5.91 Å². The molecule has 2 saturated heterocycles. The van der Waals surface area contributed by atoms with Crippen molar-refractivity contribution in [2.75, 3.05) is 26.2 Å². The third-order valence-corrected chi connectivity index (χ3v) is 7.33. The minimum atomic E-state index is 0.0181. The van der Waals surface area contributed by atoms with Crippen LogP contribution in [0, 0.1) is 12.8 Å². The maximum atomic E-state index is 13.7. The summed E-state index contributed by atoms with van der Waals surface area (Å²) in [7, 11) is 0. The highest BCUT2D eigenvalue weighted by Crippen LogP contribution is 2.28. The van der Waals surface area contributed by atoms with Gasteiger partial charge in [0.05, 0.1) is 11.3 Å². The van der Waals surface area contributed by atoms with E-state index in [-0.39, 0.29) is 5.91 Å². The van der Waals surface area contributed by atoms with E-state index in [2.05, 4.69) is 19.1 Å². The number of carbonyl (C=O) groups excluding carboxylic acids is 2. The zero-order valence-corrected chi connectivity index (χ0v) is 20.5. The van der Waals surface area contributed by atoms with Crippen molar-refractivity contribution in [2.45, 2.75) is 45.4 Å². The average Bonchev–Trinajstić information content (AvgIpc) is 3.35. The highest BCUT2D eigenvalue weighted by Gasteiger charge is 2.29. The first kappa shape index (κ1) is 23.3. The van der Waals surface area contributed by atoms with Crippen LogP contribution in [0.3, 0.4) is 0 Å². The zero-order valence-electron chi connectivity index (χ0n) is 20.5. The Morgan fingerprint density at radius 2 is 1.63 bits per heavy atom. The summed E-state index contributed by atoms with van der Waals surface area (Å²) in [6.07, 6.45) is 7.70. The normalized spacial score (nSPS) is 16.9. The summed E-state index contributed by atoms with van der Waals surface area (Å²) in [6, 6.07) is 18.0. The number of aryl methyl sites for hydroxylation is 1. The van der Waals surface area contributed by atoms with Gasteiger partial charge < -0.3 is 9.80 Å². The Bertz CT molecular complexity index is 1170. The van der Waals surface area contributed by atoms with E-state index >= 15 is 0 Å². The fraction of sp³-hybridized carbons (Fsp3) is 0.414. The van der Waals surface area contributed by atoms with Crippen molar-refractivity contribution in [3.63, 3.8) is 0 Å². The third-order valence-electron chi connectivity index (χ3n) is 7.33. The van der Waals surface area contributed by atoms with E-state index < -0.39 is 0 Å². The van der Waals surface area contributed by atoms with Crippen LogP contribution in [-0.2, 0) is 4.79 Å². The summed E-state index contributed by atoms with van der Waals surface area (Å²) in [6.45, 7) is 5.23. The lowest BCUT2D eigenvalue weighted by molar-refractivity contribution is -0.133. The fourth-order valence-electron chi connectivity index (χ4n) is 5.28. The molecule has 3 aromatic rings. The van der Waals surface area contributed by atoms with Crippen molar-refractivity contribution >= 4 is 11.8 Å². The zero-order chi connectivity index (χ0) is 24.2. The van der Waals surface area contributed by atoms with E-state index in [1.807, 2.05) is 58.5 Å². The predicted molar refractivity (Wildman–Crippen MR) is 137 cm³/mol. The van der Waals surface area contributed by atoms with Gasteiger partial charge in [-0.25, -0.2) is 4.68 Å². The number of nitrogens with zero attached hydrogens (tertiary/aromatic N) is 4. The van der Waals surface area contributed by atoms with Crippen LogP contribution in [0.1, 0.15) is 54.4 Å². The molecule has 182 valence electrons. The van der Waals surface area contributed by atoms with Gasteiger partial charge in [0.2, 0.25) is 5.91 Å². The molecule has 0 spiro atoms. The van der Waals surface area contributed by atoms with Gasteiger partial charge in [-0.05, 0) is 63.1 Å². The number of amides is 2. The van der Waals surface area contributed by atoms with Gasteiger partial charge in [-0.15, -0.1) is 0 Å². The van der Waals surface area contributed by atoms with Gasteiger partial charge in [0.1, 0.15) is 5.69 Å². The minimum Gasteiger partial charge on any atom is -0.343 e. The third kappa shape index (κ3) is 5.31. The van der Waals surface area contributed by atoms with E-state index in [9.17, 15) is 9.59 Å². The number of benzene rings is 2. The number of carbonyl (C=O) groups is 2. The van der Waals surface area contributed by atoms with E-state index in [0.717, 1.165) is 55.6 Å². The Balaban J connectivity index is 1.31. The molecule has 5 rings (SSSR count). The van der Waals surface area contributed by atoms with Gasteiger partial charge in [-0.1, -0.05) is 42.0 Å². The topological polar surface area (TPSA) is 58.4 Å². The maximum absolute atomic E-state index is 13.7. The molecule has 0 saturated carbocycles. The highest BCUT2D eigenvalue weighted by molar-refractivity contribution is 6.00. The van der Waals surface area contributed by atoms with E-state index in [1.165, 1.54) is 6.42 Å². The SMILES string of the molecule is Cc1cccc(-c2nn(-c3ccccc3)cc2C(=O)N2CCC(CC(=O)N3CCCCC3)CC2)c1. The molecular formula is C29H34N4O2. The van der Waals surface area contributed by atoms with Gasteiger partial charge in [0.15, 0.2) is 0 Å². The molecule has 2 aliphatic heterocycles. The predicted octanol–water partition coefficient (Wildman–Crippen LogP) is 5.10. The van der Waals surface area contributed by atoms with Crippen molar-refractivity contribution in [3.8, 4) is 16.9 Å². The number of piperidine rings is 2. The first-order valence-electron chi connectivity index (χ1n) is 12.9. The van der Waals surface area contributed by atoms with Crippen molar-refractivity contribution in [1.82, 2.24) is 19.6 Å². The van der Waals surface area contributed by atoms with Crippen molar-refractivity contribution in [3.05, 3.63) is 71.9 Å². The molecule has 2 aliphatic rings. The molecule has 0 bridgehead atoms. The van der Waals surface area contributed by atoms with Crippen molar-refractivity contribution in [1.29, 1.82) is 0 Å². The average molecular weight is 471 g/mol. The first-order valence-corrected chi connectivity index (χ1v) is 12.9. The van der Waals surface area contributed by atoms with Gasteiger partial charge in [-0.2, -0.15) is 5.10 Å². The van der Waals surface area contributed by atoms with Crippen LogP contribution in [0.5, 0.6) is 0 Å². The second-order valence-corrected chi connectivity index (χ2v) is 9.92. The number of para-hydroxylation sites is 1. The van der Waals surface area contributed by atoms with Crippen LogP contribution < -0.4 is 0 Å². The Labute approximate surface area is 207 Å². The Kier molecular flexibility index (Phi) is 6.98. The Morgan fingerprint density at radius 1 is 0.886 bits per heavy atom. The van der Waals surface area contributed by atoms with Crippen LogP contribution in [0.4, 0.5) is 0 Å². The molecular weight excluding hydrogens is 436 g/mol. The van der Waals surface area contributed by atoms with Crippen LogP contribution in [0.25, 0.3) is 16.9 Å². The highest BCUT2D eigenvalue weighted by atomic mass is 16.2. The van der Waals surface area contributed by atoms with E-state index in [4.69, 9.17) is 5.10 Å². The molecule has 0 unspecified atom stereocenters. The number of hydrogen-bond donors (Lipinski definition) is 0. The quantitative estimate of drug-likeness (QED) is 0.521. The summed E-state index contributed by atoms with van der Waals surface area (Å²) in [5.41, 5.74) is 4.35. The van der Waals surface area contributed by atoms with Gasteiger partial charge in [0, 0.05) is 44.4 Å². The van der Waals surface area contributed by atoms with Crippen LogP contribution in [0.2, 0.25) is 0 Å². The van der Waals surface area contributed by atoms with Crippen molar-refractivity contribution in [2.24, 2.45) is 5.92 Å². The second kappa shape index (κ2) is 10.5. The molecule has 6 nitrogen and oxygen atoms in total. The van der Waals surface area contributed by atoms with E-state index in [0.29, 0.717) is 42.6 Å². The summed E-state index contributed by atoms with van der Waals surface area (Å²) >= 11 is 0. The maximum Gasteiger partial charge on any atom is 0.257 e. The number of aromatic nitrogens is 2. The largest absolute Gasteiger partial charge is 0.343 e. The van der Waals surface area contributed by atoms with Crippen LogP contribution in [-0.4, -0.2) is 57.6 Å². The summed E-state index contributed by atoms with van der Waals surface area (Å²) < 4.78 is 1.80. The summed E-state index contributed by atoms with van der Waals surface area (Å²) in [5.74, 6) is 0.668.